The molecule has 2 N–H and O–H groups in total. The number of anilines is 2. The van der Waals surface area contributed by atoms with E-state index in [4.69, 9.17) is 0 Å². The Morgan fingerprint density at radius 3 is 2.59 bits per heavy atom. The van der Waals surface area contributed by atoms with Crippen LogP contribution in [0.3, 0.4) is 0 Å². The summed E-state index contributed by atoms with van der Waals surface area (Å²) in [5.41, 5.74) is 0.419. The molecule has 3 heterocycles. The van der Waals surface area contributed by atoms with Crippen molar-refractivity contribution in [3.63, 3.8) is 0 Å². The summed E-state index contributed by atoms with van der Waals surface area (Å²) in [5.74, 6) is 0.736. The normalized spacial score (nSPS) is 22.0. The summed E-state index contributed by atoms with van der Waals surface area (Å²) >= 11 is 3.48. The van der Waals surface area contributed by atoms with Gasteiger partial charge in [-0.1, -0.05) is 15.9 Å². The highest BCUT2D eigenvalue weighted by atomic mass is 79.9. The highest BCUT2D eigenvalue weighted by molar-refractivity contribution is 9.11. The number of pyridine rings is 1. The molecule has 1 fully saturated rings. The summed E-state index contributed by atoms with van der Waals surface area (Å²) < 4.78 is 0.989. The lowest BCUT2D eigenvalue weighted by molar-refractivity contribution is -0.128. The minimum atomic E-state index is -0.661. The second kappa shape index (κ2) is 8.16. The molecule has 1 aromatic heterocycles. The summed E-state index contributed by atoms with van der Waals surface area (Å²) in [6.45, 7) is 8.05. The Morgan fingerprint density at radius 1 is 1.30 bits per heavy atom. The molecule has 3 rings (SSSR count). The third kappa shape index (κ3) is 5.43. The van der Waals surface area contributed by atoms with Crippen LogP contribution in [0.15, 0.2) is 29.0 Å². The number of piperazine rings is 1. The maximum atomic E-state index is 12.3. The first-order valence-electron chi connectivity index (χ1n) is 9.26. The van der Waals surface area contributed by atoms with Crippen LogP contribution in [0.1, 0.15) is 20.3 Å². The maximum absolute atomic E-state index is 12.3. The van der Waals surface area contributed by atoms with Crippen LogP contribution in [0.4, 0.5) is 11.5 Å². The number of rotatable bonds is 5. The molecule has 1 atom stereocenters. The van der Waals surface area contributed by atoms with Gasteiger partial charge in [-0.3, -0.25) is 9.69 Å². The van der Waals surface area contributed by atoms with Crippen molar-refractivity contribution in [1.29, 1.82) is 0 Å². The van der Waals surface area contributed by atoms with Crippen LogP contribution in [-0.4, -0.2) is 77.2 Å². The second-order valence-corrected chi connectivity index (χ2v) is 8.92. The van der Waals surface area contributed by atoms with Gasteiger partial charge in [-0.2, -0.15) is 0 Å². The van der Waals surface area contributed by atoms with Gasteiger partial charge in [0.15, 0.2) is 0 Å². The lowest BCUT2D eigenvalue weighted by Gasteiger charge is -2.38. The van der Waals surface area contributed by atoms with Gasteiger partial charge in [-0.15, -0.1) is 0 Å². The molecular weight excluding hydrogens is 410 g/mol. The SMILES string of the molecule is CN1C=C(Br)CC(Nc2ccc(N3CCN(CC(C)(C)O)CC3)cn2)C1=O. The third-order valence-electron chi connectivity index (χ3n) is 4.80. The molecule has 1 unspecified atom stereocenters. The highest BCUT2D eigenvalue weighted by Crippen LogP contribution is 2.24. The van der Waals surface area contributed by atoms with Crippen molar-refractivity contribution in [1.82, 2.24) is 14.8 Å². The number of nitrogens with one attached hydrogen (secondary N) is 1. The molecule has 1 aromatic rings. The van der Waals surface area contributed by atoms with Gasteiger partial charge in [-0.05, 0) is 26.0 Å². The summed E-state index contributed by atoms with van der Waals surface area (Å²) in [4.78, 5) is 22.9. The average molecular weight is 438 g/mol. The van der Waals surface area contributed by atoms with Gasteiger partial charge in [0.25, 0.3) is 0 Å². The van der Waals surface area contributed by atoms with Gasteiger partial charge in [0.05, 0.1) is 17.5 Å². The second-order valence-electron chi connectivity index (χ2n) is 7.90. The van der Waals surface area contributed by atoms with Crippen molar-refractivity contribution in [3.05, 3.63) is 29.0 Å². The van der Waals surface area contributed by atoms with E-state index in [1.807, 2.05) is 32.2 Å². The van der Waals surface area contributed by atoms with E-state index in [1.165, 1.54) is 0 Å². The minimum absolute atomic E-state index is 0.0343. The monoisotopic (exact) mass is 437 g/mol. The van der Waals surface area contributed by atoms with Crippen molar-refractivity contribution in [2.75, 3.05) is 50.0 Å². The zero-order chi connectivity index (χ0) is 19.6. The van der Waals surface area contributed by atoms with E-state index in [-0.39, 0.29) is 11.9 Å². The number of carbonyl (C=O) groups is 1. The Hall–Kier alpha value is -1.64. The number of hydrogen-bond acceptors (Lipinski definition) is 6. The molecule has 148 valence electrons. The first kappa shape index (κ1) is 20.1. The summed E-state index contributed by atoms with van der Waals surface area (Å²) in [6, 6.07) is 3.67. The van der Waals surface area contributed by atoms with Crippen LogP contribution in [-0.2, 0) is 4.79 Å². The quantitative estimate of drug-likeness (QED) is 0.732. The first-order valence-corrected chi connectivity index (χ1v) is 10.1. The average Bonchev–Trinajstić information content (AvgIpc) is 2.59. The van der Waals surface area contributed by atoms with E-state index in [0.29, 0.717) is 18.8 Å². The topological polar surface area (TPSA) is 71.9 Å². The van der Waals surface area contributed by atoms with Gasteiger partial charge in [0, 0.05) is 56.9 Å². The zero-order valence-electron chi connectivity index (χ0n) is 16.2. The highest BCUT2D eigenvalue weighted by Gasteiger charge is 2.27. The lowest BCUT2D eigenvalue weighted by atomic mass is 10.1. The van der Waals surface area contributed by atoms with Crippen molar-refractivity contribution in [3.8, 4) is 0 Å². The number of carbonyl (C=O) groups excluding carboxylic acids is 1. The van der Waals surface area contributed by atoms with E-state index in [9.17, 15) is 9.90 Å². The molecule has 2 aliphatic heterocycles. The van der Waals surface area contributed by atoms with Crippen molar-refractivity contribution in [2.24, 2.45) is 0 Å². The van der Waals surface area contributed by atoms with E-state index >= 15 is 0 Å². The molecule has 8 heteroatoms. The Kier molecular flexibility index (Phi) is 6.08. The number of β-amino-alcohol motifs (C(OH)–C–C–N with tert-alkyl or cyclic N) is 1. The molecule has 2 aliphatic rings. The van der Waals surface area contributed by atoms with Gasteiger partial charge < -0.3 is 20.2 Å². The van der Waals surface area contributed by atoms with Crippen LogP contribution in [0.2, 0.25) is 0 Å². The van der Waals surface area contributed by atoms with Crippen LogP contribution in [0.5, 0.6) is 0 Å². The maximum Gasteiger partial charge on any atom is 0.249 e. The number of halogens is 1. The molecule has 0 aromatic carbocycles. The van der Waals surface area contributed by atoms with E-state index in [0.717, 1.165) is 36.3 Å². The van der Waals surface area contributed by atoms with Crippen LogP contribution < -0.4 is 10.2 Å². The van der Waals surface area contributed by atoms with Crippen LogP contribution in [0, 0.1) is 0 Å². The fourth-order valence-electron chi connectivity index (χ4n) is 3.52. The number of nitrogens with zero attached hydrogens (tertiary/aromatic N) is 4. The third-order valence-corrected chi connectivity index (χ3v) is 5.33. The van der Waals surface area contributed by atoms with Crippen LogP contribution in [0.25, 0.3) is 0 Å². The molecule has 7 nitrogen and oxygen atoms in total. The molecule has 27 heavy (non-hydrogen) atoms. The number of amides is 1. The summed E-state index contributed by atoms with van der Waals surface area (Å²) in [5, 5.41) is 13.2. The number of hydrogen-bond donors (Lipinski definition) is 2. The zero-order valence-corrected chi connectivity index (χ0v) is 17.7. The van der Waals surface area contributed by atoms with E-state index < -0.39 is 5.60 Å². The first-order chi connectivity index (χ1) is 12.7. The van der Waals surface area contributed by atoms with E-state index in [1.54, 1.807) is 18.1 Å². The van der Waals surface area contributed by atoms with Crippen LogP contribution >= 0.6 is 15.9 Å². The molecule has 0 bridgehead atoms. The van der Waals surface area contributed by atoms with Gasteiger partial charge in [0.1, 0.15) is 11.9 Å². The lowest BCUT2D eigenvalue weighted by Crippen LogP contribution is -2.50. The van der Waals surface area contributed by atoms with Gasteiger partial charge in [-0.25, -0.2) is 4.98 Å². The Bertz CT molecular complexity index is 693. The molecule has 0 aliphatic carbocycles. The predicted molar refractivity (Wildman–Crippen MR) is 111 cm³/mol. The summed E-state index contributed by atoms with van der Waals surface area (Å²) in [7, 11) is 1.76. The molecule has 1 saturated heterocycles. The van der Waals surface area contributed by atoms with Gasteiger partial charge in [0.2, 0.25) is 5.91 Å². The van der Waals surface area contributed by atoms with Gasteiger partial charge >= 0.3 is 0 Å². The van der Waals surface area contributed by atoms with Crippen molar-refractivity contribution in [2.45, 2.75) is 31.9 Å². The fourth-order valence-corrected chi connectivity index (χ4v) is 4.15. The molecule has 0 spiro atoms. The largest absolute Gasteiger partial charge is 0.389 e. The molecule has 0 saturated carbocycles. The van der Waals surface area contributed by atoms with Crippen molar-refractivity contribution >= 4 is 33.3 Å². The number of likely N-dealkylation sites (N-methyl/N-ethyl adjacent to an activating group) is 1. The molecule has 0 radical (unpaired) electrons. The molecule has 1 amide bonds. The minimum Gasteiger partial charge on any atom is -0.389 e. The van der Waals surface area contributed by atoms with E-state index in [2.05, 4.69) is 36.0 Å². The molecular formula is C19H28BrN5O2. The predicted octanol–water partition coefficient (Wildman–Crippen LogP) is 1.85. The Balaban J connectivity index is 1.55. The smallest absolute Gasteiger partial charge is 0.249 e. The number of aliphatic hydroxyl groups is 1. The fraction of sp³-hybridized carbons (Fsp3) is 0.579. The Morgan fingerprint density at radius 2 is 2.00 bits per heavy atom. The standard InChI is InChI=1S/C19H28BrN5O2/c1-19(2,27)13-24-6-8-25(9-7-24)15-4-5-17(21-11-15)22-16-10-14(20)12-23(3)18(16)26/h4-5,11-12,16,27H,6-10,13H2,1-3H3,(H,21,22). The Labute approximate surface area is 169 Å². The summed E-state index contributed by atoms with van der Waals surface area (Å²) in [6.07, 6.45) is 4.28. The van der Waals surface area contributed by atoms with Crippen molar-refractivity contribution < 1.29 is 9.90 Å². The number of aromatic nitrogens is 1.